The smallest absolute Gasteiger partial charge is 0.244 e. The topological polar surface area (TPSA) is 67.6 Å². The fourth-order valence-corrected chi connectivity index (χ4v) is 3.26. The summed E-state index contributed by atoms with van der Waals surface area (Å²) in [5.41, 5.74) is -0.0649. The van der Waals surface area contributed by atoms with Gasteiger partial charge in [-0.2, -0.15) is 5.10 Å². The van der Waals surface area contributed by atoms with Crippen LogP contribution in [0.25, 0.3) is 0 Å². The first-order valence-corrected chi connectivity index (χ1v) is 8.93. The molecule has 1 amide bonds. The van der Waals surface area contributed by atoms with Crippen LogP contribution >= 0.6 is 0 Å². The summed E-state index contributed by atoms with van der Waals surface area (Å²) in [6.07, 6.45) is 4.62. The molecule has 1 aromatic carbocycles. The Balaban J connectivity index is 1.30. The van der Waals surface area contributed by atoms with Crippen molar-refractivity contribution in [1.82, 2.24) is 14.7 Å². The Bertz CT molecular complexity index is 805. The molecule has 0 spiro atoms. The zero-order chi connectivity index (χ0) is 18.1. The summed E-state index contributed by atoms with van der Waals surface area (Å²) >= 11 is 0. The molecule has 1 aliphatic heterocycles. The highest BCUT2D eigenvalue weighted by Crippen LogP contribution is 2.38. The highest BCUT2D eigenvalue weighted by Gasteiger charge is 2.39. The van der Waals surface area contributed by atoms with E-state index in [0.717, 1.165) is 5.69 Å². The van der Waals surface area contributed by atoms with E-state index in [4.69, 9.17) is 4.74 Å². The van der Waals surface area contributed by atoms with Crippen LogP contribution < -0.4 is 4.74 Å². The fraction of sp³-hybridized carbons (Fsp3) is 0.474. The van der Waals surface area contributed by atoms with Crippen molar-refractivity contribution in [3.63, 3.8) is 0 Å². The summed E-state index contributed by atoms with van der Waals surface area (Å²) < 4.78 is 20.4. The van der Waals surface area contributed by atoms with Crippen LogP contribution in [0, 0.1) is 5.82 Å². The quantitative estimate of drug-likeness (QED) is 0.856. The second-order valence-electron chi connectivity index (χ2n) is 7.25. The van der Waals surface area contributed by atoms with Crippen molar-refractivity contribution in [3.8, 4) is 5.75 Å². The Labute approximate surface area is 151 Å². The minimum atomic E-state index is -1.12. The normalized spacial score (nSPS) is 22.6. The molecule has 26 heavy (non-hydrogen) atoms. The van der Waals surface area contributed by atoms with Crippen LogP contribution in [0.3, 0.4) is 0 Å². The number of nitrogens with zero attached hydrogens (tertiary/aromatic N) is 3. The second kappa shape index (κ2) is 6.72. The summed E-state index contributed by atoms with van der Waals surface area (Å²) in [6, 6.07) is 7.77. The number of halogens is 1. The highest BCUT2D eigenvalue weighted by molar-refractivity contribution is 5.76. The van der Waals surface area contributed by atoms with Gasteiger partial charge in [-0.15, -0.1) is 0 Å². The molecule has 1 N–H and O–H groups in total. The molecule has 7 heteroatoms. The van der Waals surface area contributed by atoms with E-state index in [1.807, 2.05) is 12.3 Å². The third-order valence-electron chi connectivity index (χ3n) is 4.94. The molecule has 0 unspecified atom stereocenters. The Morgan fingerprint density at radius 2 is 2.23 bits per heavy atom. The number of ether oxygens (including phenoxy) is 1. The number of hydrogen-bond donors (Lipinski definition) is 1. The zero-order valence-corrected chi connectivity index (χ0v) is 14.5. The van der Waals surface area contributed by atoms with Gasteiger partial charge in [-0.3, -0.25) is 9.48 Å². The molecular formula is C19H22FN3O3. The number of aromatic nitrogens is 2. The van der Waals surface area contributed by atoms with E-state index in [1.165, 1.54) is 25.0 Å². The monoisotopic (exact) mass is 359 g/mol. The van der Waals surface area contributed by atoms with Gasteiger partial charge in [0.25, 0.3) is 0 Å². The van der Waals surface area contributed by atoms with Gasteiger partial charge < -0.3 is 14.7 Å². The number of amides is 1. The maximum Gasteiger partial charge on any atom is 0.244 e. The van der Waals surface area contributed by atoms with Crippen LogP contribution in [0.1, 0.15) is 30.9 Å². The predicted molar refractivity (Wildman–Crippen MR) is 92.2 cm³/mol. The molecule has 2 aromatic rings. The lowest BCUT2D eigenvalue weighted by Gasteiger charge is -2.23. The SMILES string of the molecule is O=C(Cn1ccc(C2CC2)n1)N1CC[C@@](O)(COc2cccc(F)c2)C1. The summed E-state index contributed by atoms with van der Waals surface area (Å²) in [7, 11) is 0. The Hall–Kier alpha value is -2.41. The average molecular weight is 359 g/mol. The molecule has 1 atom stereocenters. The van der Waals surface area contributed by atoms with Crippen LogP contribution in [-0.2, 0) is 11.3 Å². The van der Waals surface area contributed by atoms with Crippen molar-refractivity contribution in [2.75, 3.05) is 19.7 Å². The van der Waals surface area contributed by atoms with Gasteiger partial charge in [0.2, 0.25) is 5.91 Å². The van der Waals surface area contributed by atoms with Crippen molar-refractivity contribution in [1.29, 1.82) is 0 Å². The van der Waals surface area contributed by atoms with Crippen LogP contribution in [0.4, 0.5) is 4.39 Å². The van der Waals surface area contributed by atoms with Crippen LogP contribution in [0.5, 0.6) is 5.75 Å². The molecule has 138 valence electrons. The summed E-state index contributed by atoms with van der Waals surface area (Å²) in [4.78, 5) is 14.1. The van der Waals surface area contributed by atoms with Gasteiger partial charge in [-0.05, 0) is 37.5 Å². The number of benzene rings is 1. The van der Waals surface area contributed by atoms with E-state index >= 15 is 0 Å². The highest BCUT2D eigenvalue weighted by atomic mass is 19.1. The van der Waals surface area contributed by atoms with Gasteiger partial charge in [-0.25, -0.2) is 4.39 Å². The standard InChI is InChI=1S/C19H22FN3O3/c20-15-2-1-3-16(10-15)26-13-19(25)7-9-22(12-19)18(24)11-23-8-6-17(21-23)14-4-5-14/h1-3,6,8,10,14,25H,4-5,7,9,11-13H2/t19-/m0/s1. The van der Waals surface area contributed by atoms with Gasteiger partial charge in [-0.1, -0.05) is 6.07 Å². The number of rotatable bonds is 6. The summed E-state index contributed by atoms with van der Waals surface area (Å²) in [5, 5.41) is 15.1. The van der Waals surface area contributed by atoms with Crippen molar-refractivity contribution in [3.05, 3.63) is 48.0 Å². The van der Waals surface area contributed by atoms with Gasteiger partial charge in [0.15, 0.2) is 0 Å². The molecule has 0 bridgehead atoms. The number of carbonyl (C=O) groups excluding carboxylic acids is 1. The van der Waals surface area contributed by atoms with E-state index < -0.39 is 5.60 Å². The minimum Gasteiger partial charge on any atom is -0.490 e. The van der Waals surface area contributed by atoms with Crippen molar-refractivity contribution < 1.29 is 19.0 Å². The molecule has 1 aliphatic carbocycles. The molecule has 0 radical (unpaired) electrons. The van der Waals surface area contributed by atoms with Crippen molar-refractivity contribution >= 4 is 5.91 Å². The number of carbonyl (C=O) groups is 1. The predicted octanol–water partition coefficient (Wildman–Crippen LogP) is 1.94. The number of likely N-dealkylation sites (tertiary alicyclic amines) is 1. The lowest BCUT2D eigenvalue weighted by Crippen LogP contribution is -2.41. The van der Waals surface area contributed by atoms with E-state index in [0.29, 0.717) is 24.6 Å². The number of aliphatic hydroxyl groups is 1. The first kappa shape index (κ1) is 17.0. The first-order chi connectivity index (χ1) is 12.5. The van der Waals surface area contributed by atoms with Crippen LogP contribution in [0.15, 0.2) is 36.5 Å². The third-order valence-corrected chi connectivity index (χ3v) is 4.94. The van der Waals surface area contributed by atoms with Crippen molar-refractivity contribution in [2.24, 2.45) is 0 Å². The Morgan fingerprint density at radius 3 is 3.00 bits per heavy atom. The lowest BCUT2D eigenvalue weighted by molar-refractivity contribution is -0.132. The Kier molecular flexibility index (Phi) is 4.40. The second-order valence-corrected chi connectivity index (χ2v) is 7.25. The first-order valence-electron chi connectivity index (χ1n) is 8.93. The zero-order valence-electron chi connectivity index (χ0n) is 14.5. The largest absolute Gasteiger partial charge is 0.490 e. The molecule has 1 saturated heterocycles. The van der Waals surface area contributed by atoms with Gasteiger partial charge in [0.05, 0.1) is 12.2 Å². The molecule has 2 heterocycles. The van der Waals surface area contributed by atoms with Crippen LogP contribution in [-0.4, -0.2) is 51.0 Å². The van der Waals surface area contributed by atoms with Gasteiger partial charge in [0, 0.05) is 24.7 Å². The molecule has 1 aromatic heterocycles. The molecule has 2 aliphatic rings. The van der Waals surface area contributed by atoms with E-state index in [9.17, 15) is 14.3 Å². The maximum atomic E-state index is 13.2. The van der Waals surface area contributed by atoms with Crippen LogP contribution in [0.2, 0.25) is 0 Å². The van der Waals surface area contributed by atoms with Crippen molar-refractivity contribution in [2.45, 2.75) is 37.3 Å². The maximum absolute atomic E-state index is 13.2. The van der Waals surface area contributed by atoms with Gasteiger partial charge >= 0.3 is 0 Å². The molecule has 1 saturated carbocycles. The number of β-amino-alcohol motifs (C(OH)–C–C–N with tert-alkyl or cyclic N) is 1. The molecule has 6 nitrogen and oxygen atoms in total. The van der Waals surface area contributed by atoms with Gasteiger partial charge in [0.1, 0.15) is 30.3 Å². The van der Waals surface area contributed by atoms with E-state index in [-0.39, 0.29) is 31.4 Å². The lowest BCUT2D eigenvalue weighted by atomic mass is 10.1. The number of hydrogen-bond acceptors (Lipinski definition) is 4. The Morgan fingerprint density at radius 1 is 1.38 bits per heavy atom. The molecule has 2 fully saturated rings. The summed E-state index contributed by atoms with van der Waals surface area (Å²) in [6.45, 7) is 0.873. The third kappa shape index (κ3) is 3.88. The molecular weight excluding hydrogens is 337 g/mol. The van der Waals surface area contributed by atoms with E-state index in [1.54, 1.807) is 21.7 Å². The fourth-order valence-electron chi connectivity index (χ4n) is 3.26. The average Bonchev–Trinajstić information content (AvgIpc) is 3.24. The minimum absolute atomic E-state index is 0.0217. The summed E-state index contributed by atoms with van der Waals surface area (Å²) in [5.74, 6) is 0.468. The molecule has 4 rings (SSSR count). The van der Waals surface area contributed by atoms with E-state index in [2.05, 4.69) is 5.10 Å².